The summed E-state index contributed by atoms with van der Waals surface area (Å²) in [6.07, 6.45) is 1.28. The van der Waals surface area contributed by atoms with Crippen LogP contribution in [0.2, 0.25) is 0 Å². The number of nitro benzene ring substituents is 1. The number of hydrogen-bond acceptors (Lipinski definition) is 4. The Balaban J connectivity index is 2.49. The van der Waals surface area contributed by atoms with Crippen LogP contribution in [-0.2, 0) is 6.54 Å². The quantitative estimate of drug-likeness (QED) is 0.460. The third-order valence-electron chi connectivity index (χ3n) is 2.53. The molecule has 0 heterocycles. The van der Waals surface area contributed by atoms with E-state index in [1.807, 2.05) is 0 Å². The minimum Gasteiger partial charge on any atom is -0.393 e. The van der Waals surface area contributed by atoms with Crippen molar-refractivity contribution in [3.8, 4) is 0 Å². The number of benzene rings is 1. The van der Waals surface area contributed by atoms with Crippen molar-refractivity contribution in [1.82, 2.24) is 5.32 Å². The Kier molecular flexibility index (Phi) is 6.24. The summed E-state index contributed by atoms with van der Waals surface area (Å²) in [4.78, 5) is 10.5. The van der Waals surface area contributed by atoms with Crippen molar-refractivity contribution < 1.29 is 10.0 Å². The molecule has 0 saturated heterocycles. The van der Waals surface area contributed by atoms with Gasteiger partial charge in [-0.15, -0.1) is 0 Å². The molecule has 0 fully saturated rings. The first kappa shape index (κ1) is 15.1. The maximum absolute atomic E-state index is 10.9. The summed E-state index contributed by atoms with van der Waals surface area (Å²) in [5, 5.41) is 23.1. The Bertz CT molecular complexity index is 410. The Hall–Kier alpha value is -0.980. The number of hydrogen-bond donors (Lipinski definition) is 2. The van der Waals surface area contributed by atoms with Crippen LogP contribution in [0.1, 0.15) is 25.3 Å². The van der Waals surface area contributed by atoms with Gasteiger partial charge in [-0.1, -0.05) is 15.9 Å². The molecular formula is C12H17BrN2O3. The van der Waals surface area contributed by atoms with Crippen LogP contribution < -0.4 is 5.32 Å². The molecule has 0 aliphatic heterocycles. The van der Waals surface area contributed by atoms with E-state index in [2.05, 4.69) is 21.2 Å². The number of halogens is 1. The molecule has 1 unspecified atom stereocenters. The minimum absolute atomic E-state index is 0.118. The van der Waals surface area contributed by atoms with E-state index in [9.17, 15) is 10.1 Å². The molecule has 1 atom stereocenters. The zero-order chi connectivity index (χ0) is 13.5. The average Bonchev–Trinajstić information content (AvgIpc) is 2.29. The van der Waals surface area contributed by atoms with Gasteiger partial charge in [0.25, 0.3) is 5.69 Å². The molecule has 5 nitrogen and oxygen atoms in total. The van der Waals surface area contributed by atoms with E-state index < -0.39 is 0 Å². The second-order valence-electron chi connectivity index (χ2n) is 4.20. The highest BCUT2D eigenvalue weighted by Gasteiger charge is 2.13. The molecule has 1 aromatic rings. The molecule has 0 bridgehead atoms. The molecule has 0 radical (unpaired) electrons. The van der Waals surface area contributed by atoms with Gasteiger partial charge in [0, 0.05) is 22.6 Å². The second-order valence-corrected chi connectivity index (χ2v) is 5.11. The van der Waals surface area contributed by atoms with Crippen LogP contribution >= 0.6 is 15.9 Å². The summed E-state index contributed by atoms with van der Waals surface area (Å²) in [6.45, 7) is 2.95. The first-order valence-corrected chi connectivity index (χ1v) is 6.61. The Labute approximate surface area is 114 Å². The molecule has 0 aromatic heterocycles. The number of nitro groups is 1. The maximum atomic E-state index is 10.9. The maximum Gasteiger partial charge on any atom is 0.275 e. The van der Waals surface area contributed by atoms with Crippen molar-refractivity contribution in [2.45, 2.75) is 32.4 Å². The van der Waals surface area contributed by atoms with Gasteiger partial charge in [-0.05, 0) is 38.4 Å². The van der Waals surface area contributed by atoms with E-state index in [0.29, 0.717) is 16.6 Å². The molecule has 0 saturated carbocycles. The lowest BCUT2D eigenvalue weighted by molar-refractivity contribution is -0.385. The van der Waals surface area contributed by atoms with E-state index >= 15 is 0 Å². The fraction of sp³-hybridized carbons (Fsp3) is 0.500. The summed E-state index contributed by atoms with van der Waals surface area (Å²) in [5.41, 5.74) is 0.785. The van der Waals surface area contributed by atoms with Crippen molar-refractivity contribution in [2.24, 2.45) is 0 Å². The van der Waals surface area contributed by atoms with E-state index in [4.69, 9.17) is 5.11 Å². The summed E-state index contributed by atoms with van der Waals surface area (Å²) in [7, 11) is 0. The van der Waals surface area contributed by atoms with E-state index in [-0.39, 0.29) is 16.7 Å². The highest BCUT2D eigenvalue weighted by molar-refractivity contribution is 9.10. The van der Waals surface area contributed by atoms with E-state index in [1.165, 1.54) is 6.07 Å². The fourth-order valence-corrected chi connectivity index (χ4v) is 1.95. The first-order chi connectivity index (χ1) is 8.50. The molecule has 6 heteroatoms. The molecule has 0 aliphatic carbocycles. The third kappa shape index (κ3) is 5.12. The summed E-state index contributed by atoms with van der Waals surface area (Å²) < 4.78 is 0.701. The normalized spacial score (nSPS) is 12.4. The minimum atomic E-state index is -0.377. The van der Waals surface area contributed by atoms with Crippen LogP contribution in [0.4, 0.5) is 5.69 Å². The summed E-state index contributed by atoms with van der Waals surface area (Å²) >= 11 is 3.22. The molecule has 100 valence electrons. The number of nitrogens with one attached hydrogen (secondary N) is 1. The number of nitrogens with zero attached hydrogens (tertiary/aromatic N) is 1. The van der Waals surface area contributed by atoms with Crippen molar-refractivity contribution >= 4 is 21.6 Å². The van der Waals surface area contributed by atoms with Gasteiger partial charge in [0.05, 0.1) is 11.0 Å². The van der Waals surface area contributed by atoms with Crippen LogP contribution in [-0.4, -0.2) is 22.7 Å². The van der Waals surface area contributed by atoms with Gasteiger partial charge in [-0.25, -0.2) is 0 Å². The smallest absolute Gasteiger partial charge is 0.275 e. The van der Waals surface area contributed by atoms with Gasteiger partial charge in [0.15, 0.2) is 0 Å². The zero-order valence-corrected chi connectivity index (χ0v) is 11.8. The molecular weight excluding hydrogens is 300 g/mol. The predicted octanol–water partition coefficient (Wildman–Crippen LogP) is 2.61. The van der Waals surface area contributed by atoms with Crippen LogP contribution in [0.25, 0.3) is 0 Å². The monoisotopic (exact) mass is 316 g/mol. The lowest BCUT2D eigenvalue weighted by Gasteiger charge is -2.07. The summed E-state index contributed by atoms with van der Waals surface area (Å²) in [6, 6.07) is 5.04. The molecule has 2 N–H and O–H groups in total. The standard InChI is InChI=1S/C12H17BrN2O3/c1-9(16)3-2-6-14-8-10-4-5-11(13)7-12(10)15(17)18/h4-5,7,9,14,16H,2-3,6,8H2,1H3. The van der Waals surface area contributed by atoms with Gasteiger partial charge in [0.2, 0.25) is 0 Å². The molecule has 1 rings (SSSR count). The number of aliphatic hydroxyl groups is 1. The highest BCUT2D eigenvalue weighted by Crippen LogP contribution is 2.23. The van der Waals surface area contributed by atoms with Crippen molar-refractivity contribution in [2.75, 3.05) is 6.54 Å². The Morgan fingerprint density at radius 3 is 2.89 bits per heavy atom. The van der Waals surface area contributed by atoms with Crippen LogP contribution in [0.5, 0.6) is 0 Å². The molecule has 0 spiro atoms. The Morgan fingerprint density at radius 1 is 1.56 bits per heavy atom. The number of rotatable bonds is 7. The average molecular weight is 317 g/mol. The van der Waals surface area contributed by atoms with Gasteiger partial charge in [0.1, 0.15) is 0 Å². The molecule has 18 heavy (non-hydrogen) atoms. The molecule has 1 aromatic carbocycles. The van der Waals surface area contributed by atoms with Gasteiger partial charge >= 0.3 is 0 Å². The van der Waals surface area contributed by atoms with Crippen LogP contribution in [0.3, 0.4) is 0 Å². The SMILES string of the molecule is CC(O)CCCNCc1ccc(Br)cc1[N+](=O)[O-]. The van der Waals surface area contributed by atoms with Gasteiger partial charge < -0.3 is 10.4 Å². The van der Waals surface area contributed by atoms with Gasteiger partial charge in [-0.3, -0.25) is 10.1 Å². The van der Waals surface area contributed by atoms with E-state index in [0.717, 1.165) is 19.4 Å². The van der Waals surface area contributed by atoms with E-state index in [1.54, 1.807) is 19.1 Å². The lowest BCUT2D eigenvalue weighted by atomic mass is 10.1. The third-order valence-corrected chi connectivity index (χ3v) is 3.03. The number of aliphatic hydroxyl groups excluding tert-OH is 1. The lowest BCUT2D eigenvalue weighted by Crippen LogP contribution is -2.17. The van der Waals surface area contributed by atoms with Crippen LogP contribution in [0.15, 0.2) is 22.7 Å². The van der Waals surface area contributed by atoms with Gasteiger partial charge in [-0.2, -0.15) is 0 Å². The first-order valence-electron chi connectivity index (χ1n) is 5.82. The fourth-order valence-electron chi connectivity index (χ4n) is 1.60. The molecule has 0 aliphatic rings. The van der Waals surface area contributed by atoms with Crippen molar-refractivity contribution in [1.29, 1.82) is 0 Å². The largest absolute Gasteiger partial charge is 0.393 e. The topological polar surface area (TPSA) is 75.4 Å². The highest BCUT2D eigenvalue weighted by atomic mass is 79.9. The van der Waals surface area contributed by atoms with Crippen molar-refractivity contribution in [3.05, 3.63) is 38.3 Å². The van der Waals surface area contributed by atoms with Crippen LogP contribution in [0, 0.1) is 10.1 Å². The Morgan fingerprint density at radius 2 is 2.28 bits per heavy atom. The van der Waals surface area contributed by atoms with Crippen molar-refractivity contribution in [3.63, 3.8) is 0 Å². The second kappa shape index (κ2) is 7.45. The molecule has 0 amide bonds. The zero-order valence-electron chi connectivity index (χ0n) is 10.2. The predicted molar refractivity (Wildman–Crippen MR) is 73.4 cm³/mol. The summed E-state index contributed by atoms with van der Waals surface area (Å²) in [5.74, 6) is 0.